The average molecular weight is 557 g/mol. The van der Waals surface area contributed by atoms with E-state index in [4.69, 9.17) is 4.43 Å². The number of fused-ring (bicyclic) bond motifs is 7. The Morgan fingerprint density at radius 2 is 1.51 bits per heavy atom. The molecular formula is C36H64O2Si. The number of hydrogen-bond acceptors (Lipinski definition) is 2. The maximum atomic E-state index is 10.8. The Bertz CT molecular complexity index is 1000. The molecule has 4 saturated carbocycles. The van der Waals surface area contributed by atoms with Crippen LogP contribution >= 0.6 is 0 Å². The minimum absolute atomic E-state index is 0.131. The van der Waals surface area contributed by atoms with Crippen molar-refractivity contribution in [2.45, 2.75) is 158 Å². The maximum Gasteiger partial charge on any atom is 0.192 e. The Morgan fingerprint density at radius 3 is 2.13 bits per heavy atom. The number of allylic oxidation sites excluding steroid dienone is 2. The summed E-state index contributed by atoms with van der Waals surface area (Å²) < 4.78 is 7.22. The lowest BCUT2D eigenvalue weighted by Crippen LogP contribution is -2.65. The molecule has 0 spiro atoms. The molecule has 1 N–H and O–H groups in total. The molecule has 0 aromatic carbocycles. The third kappa shape index (κ3) is 4.19. The van der Waals surface area contributed by atoms with Crippen molar-refractivity contribution in [3.05, 3.63) is 11.6 Å². The number of hydrogen-bond donors (Lipinski definition) is 1. The van der Waals surface area contributed by atoms with Crippen LogP contribution in [-0.4, -0.2) is 26.1 Å². The molecule has 3 heteroatoms. The summed E-state index contributed by atoms with van der Waals surface area (Å²) >= 11 is 0. The van der Waals surface area contributed by atoms with Crippen molar-refractivity contribution in [2.75, 3.05) is 6.61 Å². The Kier molecular flexibility index (Phi) is 6.96. The van der Waals surface area contributed by atoms with E-state index in [1.807, 2.05) is 0 Å². The van der Waals surface area contributed by atoms with E-state index in [0.29, 0.717) is 34.9 Å². The molecule has 0 saturated heterocycles. The van der Waals surface area contributed by atoms with Gasteiger partial charge in [-0.1, -0.05) is 80.9 Å². The van der Waals surface area contributed by atoms with Crippen molar-refractivity contribution in [3.63, 3.8) is 0 Å². The molecule has 0 aliphatic heterocycles. The molecule has 224 valence electrons. The fourth-order valence-corrected chi connectivity index (χ4v) is 12.8. The first-order valence-electron chi connectivity index (χ1n) is 16.7. The van der Waals surface area contributed by atoms with E-state index in [-0.39, 0.29) is 21.3 Å². The molecule has 0 bridgehead atoms. The molecule has 0 amide bonds. The predicted octanol–water partition coefficient (Wildman–Crippen LogP) is 10.2. The van der Waals surface area contributed by atoms with Crippen molar-refractivity contribution in [1.29, 1.82) is 0 Å². The summed E-state index contributed by atoms with van der Waals surface area (Å²) in [5.74, 6) is 2.03. The fraction of sp³-hybridized carbons (Fsp3) is 0.944. The molecular weight excluding hydrogens is 492 g/mol. The molecule has 2 nitrogen and oxygen atoms in total. The third-order valence-electron chi connectivity index (χ3n) is 15.3. The predicted molar refractivity (Wildman–Crippen MR) is 168 cm³/mol. The van der Waals surface area contributed by atoms with Gasteiger partial charge < -0.3 is 9.53 Å². The molecule has 0 heterocycles. The van der Waals surface area contributed by atoms with Crippen LogP contribution in [0.5, 0.6) is 0 Å². The van der Waals surface area contributed by atoms with Crippen LogP contribution in [-0.2, 0) is 4.43 Å². The number of rotatable bonds is 3. The number of aliphatic hydroxyl groups is 1. The van der Waals surface area contributed by atoms with E-state index in [9.17, 15) is 5.11 Å². The first-order chi connectivity index (χ1) is 17.7. The van der Waals surface area contributed by atoms with Crippen molar-refractivity contribution in [3.8, 4) is 0 Å². The van der Waals surface area contributed by atoms with Crippen LogP contribution in [0.25, 0.3) is 0 Å². The minimum Gasteiger partial charge on any atom is -0.413 e. The number of aliphatic hydroxyl groups excluding tert-OH is 1. The van der Waals surface area contributed by atoms with Gasteiger partial charge in [-0.2, -0.15) is 0 Å². The molecule has 8 atom stereocenters. The summed E-state index contributed by atoms with van der Waals surface area (Å²) in [5.41, 5.74) is 3.47. The van der Waals surface area contributed by atoms with E-state index in [2.05, 4.69) is 88.4 Å². The Labute approximate surface area is 243 Å². The highest BCUT2D eigenvalue weighted by Gasteiger charge is 2.68. The normalized spacial score (nSPS) is 47.3. The molecule has 4 fully saturated rings. The second-order valence-electron chi connectivity index (χ2n) is 19.0. The first-order valence-corrected chi connectivity index (χ1v) is 19.6. The zero-order valence-electron chi connectivity index (χ0n) is 28.0. The van der Waals surface area contributed by atoms with Gasteiger partial charge in [0.15, 0.2) is 8.32 Å². The fourth-order valence-electron chi connectivity index (χ4n) is 11.4. The van der Waals surface area contributed by atoms with Crippen LogP contribution in [0.1, 0.15) is 133 Å². The van der Waals surface area contributed by atoms with Crippen LogP contribution in [0.2, 0.25) is 18.1 Å². The molecule has 5 aliphatic rings. The second kappa shape index (κ2) is 8.95. The lowest BCUT2D eigenvalue weighted by Gasteiger charge is -2.71. The Morgan fingerprint density at radius 1 is 0.872 bits per heavy atom. The van der Waals surface area contributed by atoms with Crippen LogP contribution < -0.4 is 0 Å². The van der Waals surface area contributed by atoms with Gasteiger partial charge in [0.05, 0.1) is 6.10 Å². The molecule has 5 aliphatic carbocycles. The highest BCUT2D eigenvalue weighted by Crippen LogP contribution is 2.75. The van der Waals surface area contributed by atoms with Gasteiger partial charge in [-0.05, 0) is 127 Å². The van der Waals surface area contributed by atoms with Crippen molar-refractivity contribution in [2.24, 2.45) is 50.2 Å². The van der Waals surface area contributed by atoms with Gasteiger partial charge >= 0.3 is 0 Å². The van der Waals surface area contributed by atoms with Gasteiger partial charge in [-0.15, -0.1) is 0 Å². The molecule has 5 rings (SSSR count). The Hall–Kier alpha value is -0.123. The monoisotopic (exact) mass is 556 g/mol. The van der Waals surface area contributed by atoms with Gasteiger partial charge in [-0.3, -0.25) is 0 Å². The van der Waals surface area contributed by atoms with Crippen LogP contribution in [0, 0.1) is 50.2 Å². The lowest BCUT2D eigenvalue weighted by atomic mass is 9.33. The second-order valence-corrected chi connectivity index (χ2v) is 23.7. The average Bonchev–Trinajstić information content (AvgIpc) is 2.80. The van der Waals surface area contributed by atoms with E-state index in [0.717, 1.165) is 11.8 Å². The van der Waals surface area contributed by atoms with Crippen molar-refractivity contribution in [1.82, 2.24) is 0 Å². The molecule has 39 heavy (non-hydrogen) atoms. The molecule has 0 aromatic heterocycles. The first kappa shape index (κ1) is 30.3. The van der Waals surface area contributed by atoms with E-state index < -0.39 is 8.32 Å². The van der Waals surface area contributed by atoms with Gasteiger partial charge in [0.1, 0.15) is 0 Å². The van der Waals surface area contributed by atoms with Gasteiger partial charge in [-0.25, -0.2) is 0 Å². The van der Waals surface area contributed by atoms with Crippen LogP contribution in [0.15, 0.2) is 11.6 Å². The van der Waals surface area contributed by atoms with Gasteiger partial charge in [0, 0.05) is 12.0 Å². The quantitative estimate of drug-likeness (QED) is 0.277. The van der Waals surface area contributed by atoms with Gasteiger partial charge in [0.2, 0.25) is 0 Å². The smallest absolute Gasteiger partial charge is 0.192 e. The summed E-state index contributed by atoms with van der Waals surface area (Å²) in [5, 5.41) is 11.0. The zero-order valence-corrected chi connectivity index (χ0v) is 29.0. The summed E-state index contributed by atoms with van der Waals surface area (Å²) in [6, 6.07) is 0. The summed E-state index contributed by atoms with van der Waals surface area (Å²) in [6.45, 7) is 30.6. The van der Waals surface area contributed by atoms with E-state index in [1.54, 1.807) is 5.57 Å². The van der Waals surface area contributed by atoms with Crippen LogP contribution in [0.3, 0.4) is 0 Å². The molecule has 0 radical (unpaired) electrons. The largest absolute Gasteiger partial charge is 0.413 e. The Balaban J connectivity index is 1.49. The van der Waals surface area contributed by atoms with Crippen molar-refractivity contribution < 1.29 is 9.53 Å². The van der Waals surface area contributed by atoms with E-state index in [1.165, 1.54) is 64.2 Å². The third-order valence-corrected chi connectivity index (χ3v) is 19.8. The summed E-state index contributed by atoms with van der Waals surface area (Å²) in [6.07, 6.45) is 15.8. The highest BCUT2D eigenvalue weighted by molar-refractivity contribution is 6.74. The minimum atomic E-state index is -1.82. The summed E-state index contributed by atoms with van der Waals surface area (Å²) in [4.78, 5) is 0. The SMILES string of the molecule is CC1(C)CC[C@]2(CO)CC[C@@]3(C)C(=CCC4[C@@]5(C)CCC(O[Si](C)(C)C(C)(C)C)C(C)(C)C5CC[C@]43C)[C@@H]2C1. The summed E-state index contributed by atoms with van der Waals surface area (Å²) in [7, 11) is -1.82. The van der Waals surface area contributed by atoms with Gasteiger partial charge in [0.25, 0.3) is 0 Å². The molecule has 3 unspecified atom stereocenters. The lowest BCUT2D eigenvalue weighted by molar-refractivity contribution is -0.202. The maximum absolute atomic E-state index is 10.8. The van der Waals surface area contributed by atoms with Crippen LogP contribution in [0.4, 0.5) is 0 Å². The standard InChI is InChI=1S/C36H64O2Si/c1-30(2,3)39(11,12)38-29-16-17-33(8)27(32(29,6)7)15-18-35(10)28(33)14-13-25-26-23-31(4,5)19-21-36(26,24-37)22-20-34(25,35)9/h13,26-29,37H,14-24H2,1-12H3/t26-,27?,28?,29?,33-,34-,35+,36+/m0/s1. The zero-order chi connectivity index (χ0) is 29.1. The van der Waals surface area contributed by atoms with Crippen molar-refractivity contribution >= 4 is 8.32 Å². The topological polar surface area (TPSA) is 29.5 Å². The van der Waals surface area contributed by atoms with E-state index >= 15 is 0 Å². The molecule has 0 aromatic rings. The highest BCUT2D eigenvalue weighted by atomic mass is 28.4.